The van der Waals surface area contributed by atoms with E-state index in [0.717, 1.165) is 26.2 Å². The lowest BCUT2D eigenvalue weighted by atomic mass is 10.2. The van der Waals surface area contributed by atoms with Crippen molar-refractivity contribution in [2.75, 3.05) is 45.8 Å². The highest BCUT2D eigenvalue weighted by atomic mass is 16.2. The molecule has 1 saturated heterocycles. The van der Waals surface area contributed by atoms with Crippen molar-refractivity contribution in [2.45, 2.75) is 13.8 Å². The van der Waals surface area contributed by atoms with Gasteiger partial charge in [-0.2, -0.15) is 5.26 Å². The van der Waals surface area contributed by atoms with Crippen molar-refractivity contribution < 1.29 is 4.79 Å². The summed E-state index contributed by atoms with van der Waals surface area (Å²) in [5, 5.41) is 12.0. The van der Waals surface area contributed by atoms with Crippen LogP contribution in [0, 0.1) is 17.2 Å². The molecule has 1 heterocycles. The van der Waals surface area contributed by atoms with Crippen molar-refractivity contribution in [1.29, 1.82) is 5.26 Å². The number of nitrogens with zero attached hydrogens (tertiary/aromatic N) is 3. The summed E-state index contributed by atoms with van der Waals surface area (Å²) in [6.07, 6.45) is 0. The fourth-order valence-corrected chi connectivity index (χ4v) is 1.94. The van der Waals surface area contributed by atoms with Crippen LogP contribution in [0.4, 0.5) is 0 Å². The van der Waals surface area contributed by atoms with Crippen molar-refractivity contribution in [2.24, 2.45) is 5.92 Å². The average molecular weight is 238 g/mol. The van der Waals surface area contributed by atoms with Crippen LogP contribution in [-0.4, -0.2) is 61.5 Å². The molecule has 0 spiro atoms. The smallest absolute Gasteiger partial charge is 0.236 e. The third-order valence-electron chi connectivity index (χ3n) is 3.02. The van der Waals surface area contributed by atoms with Crippen LogP contribution in [0.15, 0.2) is 0 Å². The summed E-state index contributed by atoms with van der Waals surface area (Å²) in [6.45, 7) is 9.26. The van der Waals surface area contributed by atoms with Gasteiger partial charge in [0.1, 0.15) is 0 Å². The Bertz CT molecular complexity index is 281. The average Bonchev–Trinajstić information content (AvgIpc) is 2.36. The lowest BCUT2D eigenvalue weighted by Crippen LogP contribution is -2.48. The Morgan fingerprint density at radius 3 is 2.71 bits per heavy atom. The Morgan fingerprint density at radius 1 is 1.53 bits per heavy atom. The van der Waals surface area contributed by atoms with Gasteiger partial charge in [0.25, 0.3) is 0 Å². The molecule has 5 nitrogen and oxygen atoms in total. The highest BCUT2D eigenvalue weighted by Gasteiger charge is 2.19. The number of piperazine rings is 1. The van der Waals surface area contributed by atoms with Crippen LogP contribution in [0.3, 0.4) is 0 Å². The summed E-state index contributed by atoms with van der Waals surface area (Å²) < 4.78 is 0. The predicted octanol–water partition coefficient (Wildman–Crippen LogP) is -0.100. The van der Waals surface area contributed by atoms with Crippen LogP contribution < -0.4 is 5.32 Å². The number of nitriles is 1. The molecule has 17 heavy (non-hydrogen) atoms. The number of amides is 1. The molecular weight excluding hydrogens is 216 g/mol. The summed E-state index contributed by atoms with van der Waals surface area (Å²) in [5.41, 5.74) is 0. The molecule has 1 amide bonds. The molecule has 1 unspecified atom stereocenters. The Labute approximate surface area is 103 Å². The summed E-state index contributed by atoms with van der Waals surface area (Å²) in [7, 11) is 0. The van der Waals surface area contributed by atoms with Crippen molar-refractivity contribution in [3.05, 3.63) is 0 Å². The minimum absolute atomic E-state index is 0.0954. The second-order valence-corrected chi connectivity index (χ2v) is 4.49. The van der Waals surface area contributed by atoms with Gasteiger partial charge in [-0.15, -0.1) is 0 Å². The fourth-order valence-electron chi connectivity index (χ4n) is 1.94. The Hall–Kier alpha value is -1.12. The van der Waals surface area contributed by atoms with Gasteiger partial charge in [0.15, 0.2) is 0 Å². The molecule has 96 valence electrons. The van der Waals surface area contributed by atoms with Crippen LogP contribution >= 0.6 is 0 Å². The quantitative estimate of drug-likeness (QED) is 0.726. The van der Waals surface area contributed by atoms with Crippen molar-refractivity contribution in [3.8, 4) is 6.07 Å². The highest BCUT2D eigenvalue weighted by Crippen LogP contribution is 2.01. The van der Waals surface area contributed by atoms with E-state index in [-0.39, 0.29) is 11.8 Å². The van der Waals surface area contributed by atoms with E-state index in [1.54, 1.807) is 4.90 Å². The van der Waals surface area contributed by atoms with E-state index in [0.29, 0.717) is 19.6 Å². The van der Waals surface area contributed by atoms with Gasteiger partial charge in [0.2, 0.25) is 5.91 Å². The largest absolute Gasteiger partial charge is 0.341 e. The zero-order chi connectivity index (χ0) is 12.7. The molecule has 0 aliphatic carbocycles. The lowest BCUT2D eigenvalue weighted by molar-refractivity contribution is -0.132. The van der Waals surface area contributed by atoms with Gasteiger partial charge >= 0.3 is 0 Å². The molecule has 0 radical (unpaired) electrons. The van der Waals surface area contributed by atoms with Gasteiger partial charge in [0.05, 0.1) is 18.5 Å². The zero-order valence-corrected chi connectivity index (χ0v) is 10.8. The topological polar surface area (TPSA) is 59.4 Å². The molecule has 1 fully saturated rings. The van der Waals surface area contributed by atoms with E-state index in [4.69, 9.17) is 5.26 Å². The number of nitrogens with one attached hydrogen (secondary N) is 1. The maximum Gasteiger partial charge on any atom is 0.236 e. The zero-order valence-electron chi connectivity index (χ0n) is 10.8. The molecule has 1 N–H and O–H groups in total. The standard InChI is InChI=1S/C12H22N4O/c1-3-16(9-11(2)8-13)12(17)10-15-6-4-14-5-7-15/h11,14H,3-7,9-10H2,1-2H3. The molecule has 1 aliphatic heterocycles. The second kappa shape index (κ2) is 7.25. The van der Waals surface area contributed by atoms with E-state index < -0.39 is 0 Å². The van der Waals surface area contributed by atoms with Crippen LogP contribution in [0.5, 0.6) is 0 Å². The normalized spacial score (nSPS) is 18.4. The van der Waals surface area contributed by atoms with Gasteiger partial charge < -0.3 is 10.2 Å². The fraction of sp³-hybridized carbons (Fsp3) is 0.833. The molecule has 5 heteroatoms. The van der Waals surface area contributed by atoms with E-state index in [1.807, 2.05) is 13.8 Å². The second-order valence-electron chi connectivity index (χ2n) is 4.49. The molecule has 0 aromatic rings. The summed E-state index contributed by atoms with van der Waals surface area (Å²) in [6, 6.07) is 2.17. The monoisotopic (exact) mass is 238 g/mol. The molecule has 1 aliphatic rings. The summed E-state index contributed by atoms with van der Waals surface area (Å²) >= 11 is 0. The van der Waals surface area contributed by atoms with E-state index >= 15 is 0 Å². The number of carbonyl (C=O) groups is 1. The van der Waals surface area contributed by atoms with Gasteiger partial charge in [-0.05, 0) is 13.8 Å². The molecule has 0 aromatic heterocycles. The summed E-state index contributed by atoms with van der Waals surface area (Å²) in [5.74, 6) is 0.0402. The van der Waals surface area contributed by atoms with Gasteiger partial charge in [0, 0.05) is 39.3 Å². The number of likely N-dealkylation sites (N-methyl/N-ethyl adjacent to an activating group) is 1. The molecular formula is C12H22N4O. The molecule has 0 aromatic carbocycles. The van der Waals surface area contributed by atoms with Gasteiger partial charge in [-0.25, -0.2) is 0 Å². The minimum atomic E-state index is -0.0954. The summed E-state index contributed by atoms with van der Waals surface area (Å²) in [4.78, 5) is 16.0. The first kappa shape index (κ1) is 13.9. The first-order valence-electron chi connectivity index (χ1n) is 6.27. The Kier molecular flexibility index (Phi) is 5.95. The minimum Gasteiger partial charge on any atom is -0.341 e. The Balaban J connectivity index is 2.40. The molecule has 1 atom stereocenters. The molecule has 0 bridgehead atoms. The Morgan fingerprint density at radius 2 is 2.18 bits per heavy atom. The highest BCUT2D eigenvalue weighted by molar-refractivity contribution is 5.78. The number of rotatable bonds is 5. The third-order valence-corrected chi connectivity index (χ3v) is 3.02. The van der Waals surface area contributed by atoms with Crippen LogP contribution in [0.2, 0.25) is 0 Å². The van der Waals surface area contributed by atoms with Crippen LogP contribution in [0.25, 0.3) is 0 Å². The van der Waals surface area contributed by atoms with Crippen molar-refractivity contribution >= 4 is 5.91 Å². The lowest BCUT2D eigenvalue weighted by Gasteiger charge is -2.29. The van der Waals surface area contributed by atoms with E-state index in [1.165, 1.54) is 0 Å². The number of hydrogen-bond donors (Lipinski definition) is 1. The van der Waals surface area contributed by atoms with Crippen LogP contribution in [-0.2, 0) is 4.79 Å². The predicted molar refractivity (Wildman–Crippen MR) is 66.3 cm³/mol. The number of carbonyl (C=O) groups excluding carboxylic acids is 1. The molecule has 1 rings (SSSR count). The van der Waals surface area contributed by atoms with Crippen LogP contribution in [0.1, 0.15) is 13.8 Å². The number of hydrogen-bond acceptors (Lipinski definition) is 4. The first-order valence-corrected chi connectivity index (χ1v) is 6.27. The van der Waals surface area contributed by atoms with Gasteiger partial charge in [-0.1, -0.05) is 0 Å². The third kappa shape index (κ3) is 4.72. The van der Waals surface area contributed by atoms with E-state index in [9.17, 15) is 4.79 Å². The van der Waals surface area contributed by atoms with E-state index in [2.05, 4.69) is 16.3 Å². The van der Waals surface area contributed by atoms with Crippen molar-refractivity contribution in [1.82, 2.24) is 15.1 Å². The maximum atomic E-state index is 12.0. The first-order chi connectivity index (χ1) is 8.17. The van der Waals surface area contributed by atoms with Crippen molar-refractivity contribution in [3.63, 3.8) is 0 Å². The maximum absolute atomic E-state index is 12.0. The SMILES string of the molecule is CCN(CC(C)C#N)C(=O)CN1CCNCC1. The van der Waals surface area contributed by atoms with Gasteiger partial charge in [-0.3, -0.25) is 9.69 Å². The molecule has 0 saturated carbocycles.